The van der Waals surface area contributed by atoms with E-state index < -0.39 is 6.04 Å². The van der Waals surface area contributed by atoms with Crippen molar-refractivity contribution in [1.82, 2.24) is 0 Å². The van der Waals surface area contributed by atoms with Gasteiger partial charge in [-0.1, -0.05) is 13.8 Å². The lowest BCUT2D eigenvalue weighted by Gasteiger charge is -2.61. The summed E-state index contributed by atoms with van der Waals surface area (Å²) in [6, 6.07) is -0.620. The van der Waals surface area contributed by atoms with Gasteiger partial charge in [0.05, 0.1) is 0 Å². The molecule has 6 N–H and O–H groups in total. The summed E-state index contributed by atoms with van der Waals surface area (Å²) in [4.78, 5) is 28.9. The largest absolute Gasteiger partial charge is 0.461 e. The Morgan fingerprint density at radius 3 is 2.41 bits per heavy atom. The van der Waals surface area contributed by atoms with Gasteiger partial charge in [0.1, 0.15) is 17.9 Å². The zero-order valence-electron chi connectivity index (χ0n) is 21.4. The number of ether oxygens (including phenoxy) is 1. The van der Waals surface area contributed by atoms with Crippen molar-refractivity contribution in [3.05, 3.63) is 0 Å². The molecule has 0 aromatic rings. The van der Waals surface area contributed by atoms with Crippen LogP contribution in [0.15, 0.2) is 4.99 Å². The van der Waals surface area contributed by atoms with Gasteiger partial charge in [0.15, 0.2) is 5.96 Å². The summed E-state index contributed by atoms with van der Waals surface area (Å²) >= 11 is 0. The second-order valence-corrected chi connectivity index (χ2v) is 12.3. The number of carbonyl (C=O) groups is 2. The van der Waals surface area contributed by atoms with Crippen LogP contribution in [0, 0.1) is 40.4 Å². The molecule has 4 rings (SSSR count). The molecule has 0 heterocycles. The van der Waals surface area contributed by atoms with Crippen molar-refractivity contribution in [3.63, 3.8) is 0 Å². The van der Waals surface area contributed by atoms with Crippen LogP contribution in [-0.2, 0) is 14.3 Å². The Bertz CT molecular complexity index is 812. The predicted molar refractivity (Wildman–Crippen MR) is 134 cm³/mol. The molecule has 4 aliphatic carbocycles. The maximum Gasteiger partial charge on any atom is 0.323 e. The molecule has 0 amide bonds. The fraction of sp³-hybridized carbons (Fsp3) is 0.889. The summed E-state index contributed by atoms with van der Waals surface area (Å²) in [5.41, 5.74) is 17.3. The molecular weight excluding hydrogens is 428 g/mol. The third-order valence-electron chi connectivity index (χ3n) is 10.7. The van der Waals surface area contributed by atoms with E-state index in [1.807, 2.05) is 0 Å². The molecule has 192 valence electrons. The number of rotatable bonds is 7. The summed E-state index contributed by atoms with van der Waals surface area (Å²) in [6.45, 7) is 7.21. The minimum atomic E-state index is -0.620. The molecule has 0 spiro atoms. The molecule has 0 unspecified atom stereocenters. The number of nitrogens with zero attached hydrogens (tertiary/aromatic N) is 1. The molecule has 0 aromatic carbocycles. The van der Waals surface area contributed by atoms with Crippen LogP contribution in [0.3, 0.4) is 0 Å². The zero-order chi connectivity index (χ0) is 24.7. The molecule has 7 heteroatoms. The quantitative estimate of drug-likeness (QED) is 0.224. The first kappa shape index (κ1) is 25.5. The molecule has 0 bridgehead atoms. The fourth-order valence-corrected chi connectivity index (χ4v) is 8.88. The Labute approximate surface area is 205 Å². The van der Waals surface area contributed by atoms with Crippen LogP contribution in [0.4, 0.5) is 0 Å². The maximum absolute atomic E-state index is 12.6. The third kappa shape index (κ3) is 4.61. The number of hydrogen-bond donors (Lipinski definition) is 3. The highest BCUT2D eigenvalue weighted by molar-refractivity contribution is 5.79. The van der Waals surface area contributed by atoms with Crippen molar-refractivity contribution in [2.45, 2.75) is 104 Å². The molecule has 4 saturated carbocycles. The lowest BCUT2D eigenvalue weighted by atomic mass is 9.44. The second kappa shape index (κ2) is 9.79. The first-order chi connectivity index (χ1) is 16.1. The average molecular weight is 475 g/mol. The molecule has 4 fully saturated rings. The number of carbonyl (C=O) groups excluding carboxylic acids is 2. The smallest absolute Gasteiger partial charge is 0.323 e. The van der Waals surface area contributed by atoms with Crippen LogP contribution in [0.2, 0.25) is 0 Å². The van der Waals surface area contributed by atoms with E-state index in [4.69, 9.17) is 21.9 Å². The van der Waals surface area contributed by atoms with Crippen LogP contribution in [0.1, 0.15) is 91.4 Å². The summed E-state index contributed by atoms with van der Waals surface area (Å²) < 4.78 is 5.90. The van der Waals surface area contributed by atoms with Crippen molar-refractivity contribution in [2.24, 2.45) is 62.6 Å². The van der Waals surface area contributed by atoms with Crippen LogP contribution < -0.4 is 17.2 Å². The Morgan fingerprint density at radius 2 is 1.71 bits per heavy atom. The lowest BCUT2D eigenvalue weighted by Crippen LogP contribution is -2.54. The van der Waals surface area contributed by atoms with Crippen LogP contribution >= 0.6 is 0 Å². The van der Waals surface area contributed by atoms with E-state index in [9.17, 15) is 9.59 Å². The minimum absolute atomic E-state index is 0.0201. The molecule has 34 heavy (non-hydrogen) atoms. The first-order valence-electron chi connectivity index (χ1n) is 13.6. The van der Waals surface area contributed by atoms with Crippen molar-refractivity contribution < 1.29 is 14.3 Å². The fourth-order valence-electron chi connectivity index (χ4n) is 8.88. The maximum atomic E-state index is 12.6. The van der Waals surface area contributed by atoms with Gasteiger partial charge in [-0.05, 0) is 112 Å². The first-order valence-corrected chi connectivity index (χ1v) is 13.6. The number of ketones is 1. The molecule has 0 saturated heterocycles. The van der Waals surface area contributed by atoms with Gasteiger partial charge in [-0.15, -0.1) is 0 Å². The summed E-state index contributed by atoms with van der Waals surface area (Å²) in [5, 5.41) is 0. The Morgan fingerprint density at radius 1 is 1.00 bits per heavy atom. The Hall–Kier alpha value is -1.63. The molecule has 0 radical (unpaired) electrons. The van der Waals surface area contributed by atoms with E-state index in [1.165, 1.54) is 32.1 Å². The summed E-state index contributed by atoms with van der Waals surface area (Å²) in [5.74, 6) is 3.24. The zero-order valence-corrected chi connectivity index (χ0v) is 21.4. The van der Waals surface area contributed by atoms with Gasteiger partial charge in [0.25, 0.3) is 0 Å². The van der Waals surface area contributed by atoms with Crippen molar-refractivity contribution in [1.29, 1.82) is 0 Å². The van der Waals surface area contributed by atoms with Gasteiger partial charge >= 0.3 is 5.97 Å². The van der Waals surface area contributed by atoms with Gasteiger partial charge < -0.3 is 21.9 Å². The molecule has 7 nitrogen and oxygen atoms in total. The number of Topliss-reactive ketones (excluding diaryl/α,β-unsaturated/α-hetero) is 1. The average Bonchev–Trinajstić information content (AvgIpc) is 3.14. The van der Waals surface area contributed by atoms with Crippen molar-refractivity contribution in [2.75, 3.05) is 6.54 Å². The normalized spacial score (nSPS) is 42.0. The standard InChI is InChI=1S/C27H46N4O3/c1-16(32)20-8-9-21-19-7-6-17-15-18(34-24(33)23(28)5-4-14-31-25(29)30)10-12-26(17,2)22(19)11-13-27(20,21)3/h17-23H,4-15,28H2,1-3H3,(H4,29,30,31)/t17-,18-,19+,20-,21+,22+,23+,26+,27-/m1/s1. The molecule has 9 atom stereocenters. The molecule has 0 aromatic heterocycles. The van der Waals surface area contributed by atoms with Gasteiger partial charge in [-0.2, -0.15) is 0 Å². The third-order valence-corrected chi connectivity index (χ3v) is 10.7. The van der Waals surface area contributed by atoms with Crippen LogP contribution in [0.25, 0.3) is 0 Å². The number of fused-ring (bicyclic) bond motifs is 5. The van der Waals surface area contributed by atoms with Gasteiger partial charge in [0, 0.05) is 12.5 Å². The Kier molecular flexibility index (Phi) is 7.33. The summed E-state index contributed by atoms with van der Waals surface area (Å²) in [6.07, 6.45) is 11.4. The number of aliphatic imine (C=N–C) groups is 1. The van der Waals surface area contributed by atoms with Crippen molar-refractivity contribution >= 4 is 17.7 Å². The van der Waals surface area contributed by atoms with E-state index >= 15 is 0 Å². The van der Waals surface area contributed by atoms with Gasteiger partial charge in [-0.25, -0.2) is 0 Å². The Balaban J connectivity index is 1.34. The monoisotopic (exact) mass is 474 g/mol. The van der Waals surface area contributed by atoms with E-state index in [0.717, 1.165) is 37.5 Å². The van der Waals surface area contributed by atoms with Crippen molar-refractivity contribution in [3.8, 4) is 0 Å². The number of guanidine groups is 1. The number of esters is 1. The van der Waals surface area contributed by atoms with Gasteiger partial charge in [-0.3, -0.25) is 14.6 Å². The highest BCUT2D eigenvalue weighted by Crippen LogP contribution is 2.67. The number of nitrogens with two attached hydrogens (primary N) is 3. The molecular formula is C27H46N4O3. The van der Waals surface area contributed by atoms with E-state index in [0.29, 0.717) is 42.4 Å². The van der Waals surface area contributed by atoms with Crippen LogP contribution in [0.5, 0.6) is 0 Å². The van der Waals surface area contributed by atoms with E-state index in [-0.39, 0.29) is 29.4 Å². The van der Waals surface area contributed by atoms with Gasteiger partial charge in [0.2, 0.25) is 0 Å². The lowest BCUT2D eigenvalue weighted by molar-refractivity contribution is -0.164. The molecule has 4 aliphatic rings. The van der Waals surface area contributed by atoms with E-state index in [2.05, 4.69) is 18.8 Å². The SMILES string of the molecule is CC(=O)[C@H]1CC[C@H]2[C@@H]3CC[C@@H]4C[C@H](OC(=O)[C@@H](N)CCCN=C(N)N)CC[C@]4(C)[C@H]3CC[C@]12C. The van der Waals surface area contributed by atoms with Crippen LogP contribution in [-0.4, -0.2) is 36.4 Å². The van der Waals surface area contributed by atoms with E-state index in [1.54, 1.807) is 6.92 Å². The second-order valence-electron chi connectivity index (χ2n) is 12.3. The number of hydrogen-bond acceptors (Lipinski definition) is 5. The topological polar surface area (TPSA) is 134 Å². The highest BCUT2D eigenvalue weighted by Gasteiger charge is 2.60. The minimum Gasteiger partial charge on any atom is -0.461 e. The molecule has 0 aliphatic heterocycles. The highest BCUT2D eigenvalue weighted by atomic mass is 16.5. The predicted octanol–water partition coefficient (Wildman–Crippen LogP) is 3.53. The summed E-state index contributed by atoms with van der Waals surface area (Å²) in [7, 11) is 0.